The summed E-state index contributed by atoms with van der Waals surface area (Å²) >= 11 is 0. The Labute approximate surface area is 316 Å². The van der Waals surface area contributed by atoms with E-state index in [4.69, 9.17) is 28.4 Å². The third-order valence-corrected chi connectivity index (χ3v) is 11.2. The Kier molecular flexibility index (Phi) is 9.68. The first-order valence-corrected chi connectivity index (χ1v) is 18.5. The van der Waals surface area contributed by atoms with Gasteiger partial charge in [0, 0.05) is 30.7 Å². The summed E-state index contributed by atoms with van der Waals surface area (Å²) in [5.74, 6) is 4.08. The van der Waals surface area contributed by atoms with Crippen molar-refractivity contribution in [1.29, 1.82) is 0 Å². The molecule has 0 fully saturated rings. The lowest BCUT2D eigenvalue weighted by Crippen LogP contribution is -2.34. The fraction of sp³-hybridized carbons (Fsp3) is 0.311. The molecule has 9 rings (SSSR count). The van der Waals surface area contributed by atoms with Crippen molar-refractivity contribution in [2.75, 3.05) is 48.5 Å². The summed E-state index contributed by atoms with van der Waals surface area (Å²) in [6.07, 6.45) is 3.12. The van der Waals surface area contributed by atoms with E-state index in [1.807, 2.05) is 55.5 Å². The zero-order valence-corrected chi connectivity index (χ0v) is 31.7. The quantitative estimate of drug-likeness (QED) is 0.131. The van der Waals surface area contributed by atoms with Crippen LogP contribution in [0, 0.1) is 6.92 Å². The number of benzene rings is 5. The molecular formula is C45H46N2O7. The summed E-state index contributed by atoms with van der Waals surface area (Å²) in [7, 11) is 9.31. The first kappa shape index (κ1) is 35.5. The minimum atomic E-state index is -0.436. The lowest BCUT2D eigenvalue weighted by atomic mass is 9.87. The van der Waals surface area contributed by atoms with Crippen molar-refractivity contribution in [1.82, 2.24) is 9.80 Å². The Morgan fingerprint density at radius 2 is 1.35 bits per heavy atom. The number of ether oxygens (including phenoxy) is 6. The zero-order valence-electron chi connectivity index (χ0n) is 31.7. The average molecular weight is 727 g/mol. The van der Waals surface area contributed by atoms with Crippen LogP contribution in [0.1, 0.15) is 61.4 Å². The number of hydrogen-bond acceptors (Lipinski definition) is 9. The largest absolute Gasteiger partial charge is 0.493 e. The van der Waals surface area contributed by atoms with Gasteiger partial charge >= 0.3 is 5.97 Å². The van der Waals surface area contributed by atoms with Crippen LogP contribution in [-0.2, 0) is 25.7 Å². The highest BCUT2D eigenvalue weighted by molar-refractivity contribution is 5.92. The molecule has 9 heteroatoms. The Bertz CT molecular complexity index is 2220. The van der Waals surface area contributed by atoms with Gasteiger partial charge in [0.25, 0.3) is 0 Å². The number of nitrogens with zero attached hydrogens (tertiary/aromatic N) is 2. The maximum atomic E-state index is 13.5. The zero-order chi connectivity index (χ0) is 37.5. The lowest BCUT2D eigenvalue weighted by Gasteiger charge is -2.37. The summed E-state index contributed by atoms with van der Waals surface area (Å²) < 4.78 is 37.7. The van der Waals surface area contributed by atoms with E-state index >= 15 is 0 Å². The van der Waals surface area contributed by atoms with Gasteiger partial charge < -0.3 is 28.4 Å². The van der Waals surface area contributed by atoms with Crippen molar-refractivity contribution in [2.24, 2.45) is 0 Å². The van der Waals surface area contributed by atoms with Gasteiger partial charge in [-0.15, -0.1) is 0 Å². The van der Waals surface area contributed by atoms with Crippen LogP contribution in [0.5, 0.6) is 46.0 Å². The monoisotopic (exact) mass is 726 g/mol. The predicted molar refractivity (Wildman–Crippen MR) is 207 cm³/mol. The lowest BCUT2D eigenvalue weighted by molar-refractivity contribution is 0.0729. The van der Waals surface area contributed by atoms with Crippen LogP contribution in [0.3, 0.4) is 0 Å². The van der Waals surface area contributed by atoms with Crippen molar-refractivity contribution in [3.63, 3.8) is 0 Å². The summed E-state index contributed by atoms with van der Waals surface area (Å²) in [5, 5.41) is 0. The van der Waals surface area contributed by atoms with E-state index in [9.17, 15) is 4.79 Å². The molecule has 0 unspecified atom stereocenters. The molecule has 54 heavy (non-hydrogen) atoms. The number of aryl methyl sites for hydroxylation is 1. The summed E-state index contributed by atoms with van der Waals surface area (Å²) in [6, 6.07) is 27.8. The van der Waals surface area contributed by atoms with Gasteiger partial charge in [0.05, 0.1) is 26.9 Å². The second-order valence-electron chi connectivity index (χ2n) is 14.5. The predicted octanol–water partition coefficient (Wildman–Crippen LogP) is 8.68. The minimum Gasteiger partial charge on any atom is -0.493 e. The smallest absolute Gasteiger partial charge is 0.343 e. The Morgan fingerprint density at radius 1 is 0.685 bits per heavy atom. The van der Waals surface area contributed by atoms with Crippen LogP contribution in [0.15, 0.2) is 84.9 Å². The van der Waals surface area contributed by atoms with Crippen LogP contribution < -0.4 is 28.4 Å². The second kappa shape index (κ2) is 14.7. The summed E-state index contributed by atoms with van der Waals surface area (Å²) in [4.78, 5) is 18.2. The molecule has 0 aliphatic carbocycles. The van der Waals surface area contributed by atoms with Gasteiger partial charge in [-0.25, -0.2) is 4.79 Å². The van der Waals surface area contributed by atoms with Crippen LogP contribution in [0.2, 0.25) is 0 Å². The average Bonchev–Trinajstić information content (AvgIpc) is 3.18. The minimum absolute atomic E-state index is 0.0996. The van der Waals surface area contributed by atoms with Gasteiger partial charge in [-0.3, -0.25) is 9.80 Å². The first-order valence-electron chi connectivity index (χ1n) is 18.5. The van der Waals surface area contributed by atoms with Gasteiger partial charge in [-0.1, -0.05) is 36.4 Å². The molecule has 0 N–H and O–H groups in total. The van der Waals surface area contributed by atoms with Crippen LogP contribution in [0.25, 0.3) is 0 Å². The van der Waals surface area contributed by atoms with Crippen molar-refractivity contribution in [2.45, 2.75) is 44.7 Å². The maximum Gasteiger partial charge on any atom is 0.343 e. The second-order valence-corrected chi connectivity index (χ2v) is 14.5. The molecule has 0 saturated heterocycles. The molecule has 5 aromatic rings. The van der Waals surface area contributed by atoms with E-state index in [1.54, 1.807) is 27.4 Å². The number of hydrogen-bond donors (Lipinski definition) is 0. The fourth-order valence-electron chi connectivity index (χ4n) is 8.15. The molecular weight excluding hydrogens is 681 g/mol. The van der Waals surface area contributed by atoms with Crippen LogP contribution >= 0.6 is 0 Å². The standard InChI is InChI=1S/C45H46N2O7/c1-27-9-7-8-10-33(27)45(48)54-37-16-13-29-22-36-42-31(18-20-47(36)3)25-41(50-5)43(51-6)44(42)53-40-26-34-30(24-38(40)49-4)17-19-46(2)35(34)21-28-11-14-32(15-12-28)52-39(37)23-29/h7-16,23-26,35-36H,17-22H2,1-6H3/t35-,36+/m0/s1. The molecule has 9 nitrogen and oxygen atoms in total. The highest BCUT2D eigenvalue weighted by Gasteiger charge is 2.35. The van der Waals surface area contributed by atoms with Crippen molar-refractivity contribution >= 4 is 5.97 Å². The summed E-state index contributed by atoms with van der Waals surface area (Å²) in [6.45, 7) is 3.66. The molecule has 0 amide bonds. The van der Waals surface area contributed by atoms with E-state index in [0.717, 1.165) is 54.6 Å². The maximum absolute atomic E-state index is 13.5. The normalized spacial score (nSPS) is 18.0. The highest BCUT2D eigenvalue weighted by Crippen LogP contribution is 2.52. The third-order valence-electron chi connectivity index (χ3n) is 11.2. The van der Waals surface area contributed by atoms with Crippen molar-refractivity contribution in [3.8, 4) is 46.0 Å². The molecule has 0 aromatic heterocycles. The van der Waals surface area contributed by atoms with Crippen molar-refractivity contribution in [3.05, 3.63) is 129 Å². The molecule has 0 saturated carbocycles. The Balaban J connectivity index is 1.30. The number of esters is 1. The number of rotatable bonds is 5. The van der Waals surface area contributed by atoms with E-state index in [2.05, 4.69) is 54.2 Å². The highest BCUT2D eigenvalue weighted by atomic mass is 16.6. The number of likely N-dealkylation sites (N-methyl/N-ethyl adjacent to an activating group) is 2. The van der Waals surface area contributed by atoms with Crippen LogP contribution in [-0.4, -0.2) is 64.3 Å². The van der Waals surface area contributed by atoms with Gasteiger partial charge in [0.15, 0.2) is 34.5 Å². The SMILES string of the molecule is COc1cc2c3cc1Oc1c(OC)c(OC)cc4c1[C@@H](Cc1ccc(OC(=O)c5ccccc5C)c(c1)Oc1ccc(cc1)C[C@@H]3N(C)CC2)N(C)CC4. The molecule has 4 heterocycles. The molecule has 6 bridgehead atoms. The van der Waals surface area contributed by atoms with E-state index < -0.39 is 5.97 Å². The Morgan fingerprint density at radius 3 is 2.09 bits per heavy atom. The number of carbonyl (C=O) groups excluding carboxylic acids is 1. The fourth-order valence-corrected chi connectivity index (χ4v) is 8.15. The molecule has 2 atom stereocenters. The van der Waals surface area contributed by atoms with Crippen molar-refractivity contribution < 1.29 is 33.2 Å². The number of carbonyl (C=O) groups is 1. The number of fused-ring (bicyclic) bond motifs is 2. The number of methoxy groups -OCH3 is 3. The topological polar surface area (TPSA) is 78.9 Å². The third kappa shape index (κ3) is 6.63. The molecule has 0 spiro atoms. The van der Waals surface area contributed by atoms with E-state index in [0.29, 0.717) is 58.0 Å². The van der Waals surface area contributed by atoms with Gasteiger partial charge in [-0.2, -0.15) is 0 Å². The molecule has 5 aromatic carbocycles. The van der Waals surface area contributed by atoms with Gasteiger partial charge in [-0.05, 0) is 129 Å². The molecule has 278 valence electrons. The molecule has 4 aliphatic rings. The summed E-state index contributed by atoms with van der Waals surface area (Å²) in [5.41, 5.74) is 8.14. The van der Waals surface area contributed by atoms with Gasteiger partial charge in [0.1, 0.15) is 5.75 Å². The molecule has 0 radical (unpaired) electrons. The van der Waals surface area contributed by atoms with E-state index in [-0.39, 0.29) is 12.1 Å². The van der Waals surface area contributed by atoms with Gasteiger partial charge in [0.2, 0.25) is 5.75 Å². The Hall–Kier alpha value is -5.51. The van der Waals surface area contributed by atoms with Crippen LogP contribution in [0.4, 0.5) is 0 Å². The first-order chi connectivity index (χ1) is 26.2. The van der Waals surface area contributed by atoms with E-state index in [1.165, 1.54) is 16.7 Å². The molecule has 4 aliphatic heterocycles.